The van der Waals surface area contributed by atoms with Gasteiger partial charge in [-0.2, -0.15) is 0 Å². The maximum atomic E-state index is 11.4. The molecule has 0 spiro atoms. The van der Waals surface area contributed by atoms with Gasteiger partial charge in [0.25, 0.3) is 0 Å². The average Bonchev–Trinajstić information content (AvgIpc) is 3.10. The maximum absolute atomic E-state index is 11.4. The molecule has 1 aromatic rings. The minimum atomic E-state index is 0.145. The lowest BCUT2D eigenvalue weighted by atomic mass is 10.2. The molecule has 1 N–H and O–H groups in total. The lowest BCUT2D eigenvalue weighted by Gasteiger charge is -2.07. The molecule has 1 fully saturated rings. The van der Waals surface area contributed by atoms with E-state index >= 15 is 0 Å². The zero-order valence-corrected chi connectivity index (χ0v) is 9.88. The molecule has 1 amide bonds. The number of benzene rings is 1. The third kappa shape index (κ3) is 2.67. The van der Waals surface area contributed by atoms with Crippen LogP contribution in [-0.2, 0) is 11.3 Å². The van der Waals surface area contributed by atoms with Crippen molar-refractivity contribution in [3.8, 4) is 5.75 Å². The highest BCUT2D eigenvalue weighted by Crippen LogP contribution is 2.29. The van der Waals surface area contributed by atoms with E-state index in [1.54, 1.807) is 13.2 Å². The van der Waals surface area contributed by atoms with E-state index in [0.29, 0.717) is 17.3 Å². The van der Waals surface area contributed by atoms with Crippen LogP contribution < -0.4 is 10.1 Å². The fourth-order valence-electron chi connectivity index (χ4n) is 1.50. The summed E-state index contributed by atoms with van der Waals surface area (Å²) in [5, 5.41) is 3.46. The van der Waals surface area contributed by atoms with Crippen molar-refractivity contribution in [2.45, 2.75) is 19.4 Å². The first-order chi connectivity index (χ1) is 7.70. The van der Waals surface area contributed by atoms with Crippen molar-refractivity contribution in [1.29, 1.82) is 0 Å². The summed E-state index contributed by atoms with van der Waals surface area (Å²) in [6, 6.07) is 5.52. The van der Waals surface area contributed by atoms with Gasteiger partial charge in [0.05, 0.1) is 12.1 Å². The summed E-state index contributed by atoms with van der Waals surface area (Å²) >= 11 is 5.98. The summed E-state index contributed by atoms with van der Waals surface area (Å²) < 4.78 is 5.05. The number of rotatable bonds is 4. The fourth-order valence-corrected chi connectivity index (χ4v) is 1.78. The predicted molar refractivity (Wildman–Crippen MR) is 62.6 cm³/mol. The number of nitrogens with one attached hydrogen (secondary N) is 1. The van der Waals surface area contributed by atoms with Crippen LogP contribution in [0.25, 0.3) is 0 Å². The molecule has 1 aliphatic carbocycles. The van der Waals surface area contributed by atoms with Crippen LogP contribution in [0.4, 0.5) is 0 Å². The van der Waals surface area contributed by atoms with Crippen LogP contribution in [0.2, 0.25) is 5.02 Å². The highest BCUT2D eigenvalue weighted by atomic mass is 35.5. The predicted octanol–water partition coefficient (Wildman–Crippen LogP) is 2.37. The number of ether oxygens (including phenoxy) is 1. The van der Waals surface area contributed by atoms with E-state index in [4.69, 9.17) is 16.3 Å². The van der Waals surface area contributed by atoms with E-state index < -0.39 is 0 Å². The fraction of sp³-hybridized carbons (Fsp3) is 0.417. The number of methoxy groups -OCH3 is 1. The first kappa shape index (κ1) is 11.3. The molecule has 4 heteroatoms. The molecule has 0 aliphatic heterocycles. The zero-order chi connectivity index (χ0) is 11.5. The second kappa shape index (κ2) is 4.74. The van der Waals surface area contributed by atoms with Crippen LogP contribution in [0, 0.1) is 5.92 Å². The lowest BCUT2D eigenvalue weighted by molar-refractivity contribution is -0.122. The molecule has 86 valence electrons. The highest BCUT2D eigenvalue weighted by molar-refractivity contribution is 6.32. The Bertz CT molecular complexity index is 402. The van der Waals surface area contributed by atoms with Crippen molar-refractivity contribution in [3.63, 3.8) is 0 Å². The molecule has 0 saturated heterocycles. The van der Waals surface area contributed by atoms with Crippen LogP contribution in [0.5, 0.6) is 5.75 Å². The monoisotopic (exact) mass is 239 g/mol. The molecular formula is C12H14ClNO2. The molecule has 0 unspecified atom stereocenters. The molecular weight excluding hydrogens is 226 g/mol. The molecule has 16 heavy (non-hydrogen) atoms. The van der Waals surface area contributed by atoms with Gasteiger partial charge in [0, 0.05) is 12.5 Å². The maximum Gasteiger partial charge on any atom is 0.223 e. The van der Waals surface area contributed by atoms with Crippen molar-refractivity contribution in [2.75, 3.05) is 7.11 Å². The van der Waals surface area contributed by atoms with Gasteiger partial charge in [-0.05, 0) is 30.5 Å². The van der Waals surface area contributed by atoms with Crippen molar-refractivity contribution >= 4 is 17.5 Å². The Hall–Kier alpha value is -1.22. The van der Waals surface area contributed by atoms with Crippen molar-refractivity contribution < 1.29 is 9.53 Å². The summed E-state index contributed by atoms with van der Waals surface area (Å²) in [7, 11) is 1.58. The third-order valence-electron chi connectivity index (χ3n) is 2.63. The van der Waals surface area contributed by atoms with Crippen molar-refractivity contribution in [2.24, 2.45) is 5.92 Å². The molecule has 1 aromatic carbocycles. The van der Waals surface area contributed by atoms with Crippen LogP contribution >= 0.6 is 11.6 Å². The van der Waals surface area contributed by atoms with Gasteiger partial charge < -0.3 is 10.1 Å². The van der Waals surface area contributed by atoms with Gasteiger partial charge in [0.2, 0.25) is 5.91 Å². The first-order valence-corrected chi connectivity index (χ1v) is 5.68. The zero-order valence-electron chi connectivity index (χ0n) is 9.13. The summed E-state index contributed by atoms with van der Waals surface area (Å²) in [5.41, 5.74) is 0.986. The smallest absolute Gasteiger partial charge is 0.223 e. The van der Waals surface area contributed by atoms with Crippen molar-refractivity contribution in [1.82, 2.24) is 5.32 Å². The largest absolute Gasteiger partial charge is 0.495 e. The number of carbonyl (C=O) groups excluding carboxylic acids is 1. The Morgan fingerprint density at radius 3 is 2.88 bits per heavy atom. The van der Waals surface area contributed by atoms with E-state index in [2.05, 4.69) is 5.32 Å². The van der Waals surface area contributed by atoms with E-state index in [1.165, 1.54) is 0 Å². The number of hydrogen-bond donors (Lipinski definition) is 1. The van der Waals surface area contributed by atoms with E-state index in [9.17, 15) is 4.79 Å². The molecule has 0 radical (unpaired) electrons. The Labute approximate surface area is 99.7 Å². The Morgan fingerprint density at radius 1 is 1.56 bits per heavy atom. The van der Waals surface area contributed by atoms with Gasteiger partial charge in [-0.15, -0.1) is 0 Å². The molecule has 1 saturated carbocycles. The molecule has 0 bridgehead atoms. The molecule has 3 nitrogen and oxygen atoms in total. The molecule has 0 heterocycles. The van der Waals surface area contributed by atoms with Crippen LogP contribution in [0.3, 0.4) is 0 Å². The van der Waals surface area contributed by atoms with Gasteiger partial charge in [-0.1, -0.05) is 17.7 Å². The highest BCUT2D eigenvalue weighted by Gasteiger charge is 2.29. The van der Waals surface area contributed by atoms with Crippen LogP contribution in [0.1, 0.15) is 18.4 Å². The quantitative estimate of drug-likeness (QED) is 0.876. The molecule has 0 aromatic heterocycles. The number of amides is 1. The topological polar surface area (TPSA) is 38.3 Å². The van der Waals surface area contributed by atoms with Gasteiger partial charge >= 0.3 is 0 Å². The van der Waals surface area contributed by atoms with Crippen molar-refractivity contribution in [3.05, 3.63) is 28.8 Å². The van der Waals surface area contributed by atoms with Gasteiger partial charge in [0.1, 0.15) is 5.75 Å². The van der Waals surface area contributed by atoms with Crippen LogP contribution in [0.15, 0.2) is 18.2 Å². The summed E-state index contributed by atoms with van der Waals surface area (Å²) in [4.78, 5) is 11.4. The van der Waals surface area contributed by atoms with E-state index in [1.807, 2.05) is 12.1 Å². The second-order valence-corrected chi connectivity index (χ2v) is 4.37. The van der Waals surface area contributed by atoms with E-state index in [-0.39, 0.29) is 11.8 Å². The summed E-state index contributed by atoms with van der Waals surface area (Å²) in [6.45, 7) is 0.527. The minimum absolute atomic E-state index is 0.145. The third-order valence-corrected chi connectivity index (χ3v) is 2.93. The molecule has 1 aliphatic rings. The minimum Gasteiger partial charge on any atom is -0.495 e. The number of carbonyl (C=O) groups is 1. The Morgan fingerprint density at radius 2 is 2.31 bits per heavy atom. The lowest BCUT2D eigenvalue weighted by Crippen LogP contribution is -2.24. The molecule has 2 rings (SSSR count). The molecule has 0 atom stereocenters. The second-order valence-electron chi connectivity index (χ2n) is 3.96. The average molecular weight is 240 g/mol. The number of halogens is 1. The Kier molecular flexibility index (Phi) is 3.34. The standard InChI is InChI=1S/C12H14ClNO2/c1-16-11-5-2-8(6-10(11)13)7-14-12(15)9-3-4-9/h2,5-6,9H,3-4,7H2,1H3,(H,14,15). The summed E-state index contributed by atoms with van der Waals surface area (Å²) in [6.07, 6.45) is 2.05. The van der Waals surface area contributed by atoms with Gasteiger partial charge in [-0.25, -0.2) is 0 Å². The van der Waals surface area contributed by atoms with Gasteiger partial charge in [0.15, 0.2) is 0 Å². The SMILES string of the molecule is COc1ccc(CNC(=O)C2CC2)cc1Cl. The Balaban J connectivity index is 1.93. The van der Waals surface area contributed by atoms with Gasteiger partial charge in [-0.3, -0.25) is 4.79 Å². The van der Waals surface area contributed by atoms with Crippen LogP contribution in [-0.4, -0.2) is 13.0 Å². The summed E-state index contributed by atoms with van der Waals surface area (Å²) in [5.74, 6) is 1.04. The first-order valence-electron chi connectivity index (χ1n) is 5.31. The van der Waals surface area contributed by atoms with E-state index in [0.717, 1.165) is 18.4 Å². The number of hydrogen-bond acceptors (Lipinski definition) is 2. The normalized spacial score (nSPS) is 14.6.